The lowest BCUT2D eigenvalue weighted by atomic mass is 9.95. The highest BCUT2D eigenvalue weighted by Gasteiger charge is 2.30. The van der Waals surface area contributed by atoms with Crippen molar-refractivity contribution in [3.8, 4) is 11.5 Å². The van der Waals surface area contributed by atoms with Crippen LogP contribution in [0, 0.1) is 0 Å². The zero-order valence-electron chi connectivity index (χ0n) is 11.9. The first kappa shape index (κ1) is 14.6. The first-order valence-corrected chi connectivity index (χ1v) is 6.31. The molecule has 0 aromatic heterocycles. The summed E-state index contributed by atoms with van der Waals surface area (Å²) in [5.74, 6) is 0.975. The summed E-state index contributed by atoms with van der Waals surface area (Å²) in [6, 6.07) is 3.57. The summed E-state index contributed by atoms with van der Waals surface area (Å²) >= 11 is 0. The maximum absolute atomic E-state index is 11.4. The number of aliphatic hydroxyl groups is 1. The van der Waals surface area contributed by atoms with Crippen LogP contribution in [0.25, 0.3) is 0 Å². The average molecular weight is 281 g/mol. The number of fused-ring (bicyclic) bond motifs is 1. The quantitative estimate of drug-likeness (QED) is 0.820. The van der Waals surface area contributed by atoms with Crippen molar-refractivity contribution < 1.29 is 24.1 Å². The van der Waals surface area contributed by atoms with Gasteiger partial charge in [-0.1, -0.05) is 0 Å². The lowest BCUT2D eigenvalue weighted by Crippen LogP contribution is -2.38. The maximum Gasteiger partial charge on any atom is 0.319 e. The molecule has 0 unspecified atom stereocenters. The van der Waals surface area contributed by atoms with E-state index in [1.165, 1.54) is 7.11 Å². The van der Waals surface area contributed by atoms with Gasteiger partial charge in [-0.3, -0.25) is 9.69 Å². The number of carbonyl (C=O) groups excluding carboxylic acids is 1. The van der Waals surface area contributed by atoms with Gasteiger partial charge in [-0.2, -0.15) is 0 Å². The van der Waals surface area contributed by atoms with E-state index in [4.69, 9.17) is 9.47 Å². The van der Waals surface area contributed by atoms with Gasteiger partial charge in [0.05, 0.1) is 34.0 Å². The van der Waals surface area contributed by atoms with Crippen molar-refractivity contribution in [3.05, 3.63) is 23.3 Å². The predicted octanol–water partition coefficient (Wildman–Crippen LogP) is 0.726. The van der Waals surface area contributed by atoms with Crippen LogP contribution in [0.5, 0.6) is 11.5 Å². The third-order valence-electron chi connectivity index (χ3n) is 3.44. The van der Waals surface area contributed by atoms with Crippen molar-refractivity contribution in [3.63, 3.8) is 0 Å². The molecule has 1 N–H and O–H groups in total. The summed E-state index contributed by atoms with van der Waals surface area (Å²) in [6.07, 6.45) is -0.728. The van der Waals surface area contributed by atoms with Crippen LogP contribution in [-0.4, -0.2) is 50.4 Å². The highest BCUT2D eigenvalue weighted by Crippen LogP contribution is 2.39. The monoisotopic (exact) mass is 281 g/mol. The van der Waals surface area contributed by atoms with Gasteiger partial charge >= 0.3 is 5.97 Å². The average Bonchev–Trinajstić information content (AvgIpc) is 2.45. The third kappa shape index (κ3) is 2.71. The molecule has 0 saturated carbocycles. The number of hydrogen-bond donors (Lipinski definition) is 1. The molecule has 0 bridgehead atoms. The molecule has 1 aliphatic rings. The molecule has 0 aliphatic carbocycles. The van der Waals surface area contributed by atoms with Crippen LogP contribution in [-0.2, 0) is 16.1 Å². The van der Waals surface area contributed by atoms with E-state index in [9.17, 15) is 9.90 Å². The number of carbonyl (C=O) groups is 1. The number of methoxy groups -OCH3 is 3. The Bertz CT molecular complexity index is 503. The fourth-order valence-electron chi connectivity index (χ4n) is 2.51. The smallest absolute Gasteiger partial charge is 0.319 e. The summed E-state index contributed by atoms with van der Waals surface area (Å²) in [6.45, 7) is 0.987. The number of esters is 1. The third-order valence-corrected chi connectivity index (χ3v) is 3.44. The lowest BCUT2D eigenvalue weighted by Gasteiger charge is -2.33. The van der Waals surface area contributed by atoms with E-state index in [2.05, 4.69) is 4.74 Å². The molecule has 20 heavy (non-hydrogen) atoms. The van der Waals surface area contributed by atoms with Crippen molar-refractivity contribution in [1.82, 2.24) is 4.90 Å². The van der Waals surface area contributed by atoms with Gasteiger partial charge in [0.15, 0.2) is 0 Å². The van der Waals surface area contributed by atoms with Crippen LogP contribution >= 0.6 is 0 Å². The molecule has 0 radical (unpaired) electrons. The Morgan fingerprint density at radius 2 is 1.95 bits per heavy atom. The van der Waals surface area contributed by atoms with Crippen molar-refractivity contribution in [2.45, 2.75) is 12.6 Å². The zero-order valence-corrected chi connectivity index (χ0v) is 11.9. The number of aliphatic hydroxyl groups excluding tert-OH is 1. The van der Waals surface area contributed by atoms with Crippen molar-refractivity contribution in [1.29, 1.82) is 0 Å². The molecule has 1 aromatic carbocycles. The Hall–Kier alpha value is -1.79. The fourth-order valence-corrected chi connectivity index (χ4v) is 2.51. The number of β-amino-alcohol motifs (C(OH)–C–C–N with tert-alkyl or cyclic N) is 1. The van der Waals surface area contributed by atoms with E-state index in [-0.39, 0.29) is 12.5 Å². The van der Waals surface area contributed by atoms with Gasteiger partial charge in [0.2, 0.25) is 0 Å². The summed E-state index contributed by atoms with van der Waals surface area (Å²) < 4.78 is 15.3. The molecule has 1 aromatic rings. The molecule has 0 saturated heterocycles. The van der Waals surface area contributed by atoms with Crippen LogP contribution in [0.4, 0.5) is 0 Å². The van der Waals surface area contributed by atoms with E-state index in [1.807, 2.05) is 4.90 Å². The van der Waals surface area contributed by atoms with Crippen LogP contribution in [0.1, 0.15) is 17.2 Å². The first-order chi connectivity index (χ1) is 9.60. The molecule has 0 amide bonds. The predicted molar refractivity (Wildman–Crippen MR) is 71.8 cm³/mol. The Kier molecular flexibility index (Phi) is 4.46. The maximum atomic E-state index is 11.4. The number of hydrogen-bond acceptors (Lipinski definition) is 6. The minimum Gasteiger partial charge on any atom is -0.496 e. The van der Waals surface area contributed by atoms with Crippen molar-refractivity contribution in [2.75, 3.05) is 34.4 Å². The molecule has 0 spiro atoms. The molecule has 0 fully saturated rings. The van der Waals surface area contributed by atoms with E-state index in [0.717, 1.165) is 11.1 Å². The summed E-state index contributed by atoms with van der Waals surface area (Å²) in [5.41, 5.74) is 1.57. The van der Waals surface area contributed by atoms with Gasteiger partial charge in [0, 0.05) is 24.2 Å². The van der Waals surface area contributed by atoms with Gasteiger partial charge in [0.25, 0.3) is 0 Å². The van der Waals surface area contributed by atoms with Gasteiger partial charge in [-0.05, 0) is 12.1 Å². The first-order valence-electron chi connectivity index (χ1n) is 6.31. The van der Waals surface area contributed by atoms with E-state index >= 15 is 0 Å². The topological polar surface area (TPSA) is 68.2 Å². The second kappa shape index (κ2) is 6.11. The van der Waals surface area contributed by atoms with Gasteiger partial charge in [0.1, 0.15) is 11.5 Å². The number of benzene rings is 1. The van der Waals surface area contributed by atoms with E-state index in [0.29, 0.717) is 24.6 Å². The van der Waals surface area contributed by atoms with E-state index in [1.54, 1.807) is 26.4 Å². The SMILES string of the molecule is COC(=O)CN1Cc2c(OC)ccc(OC)c2[C@@H](O)C1. The minimum absolute atomic E-state index is 0.132. The van der Waals surface area contributed by atoms with Crippen molar-refractivity contribution >= 4 is 5.97 Å². The van der Waals surface area contributed by atoms with Crippen LogP contribution < -0.4 is 9.47 Å². The Morgan fingerprint density at radius 1 is 1.30 bits per heavy atom. The van der Waals surface area contributed by atoms with E-state index < -0.39 is 6.10 Å². The normalized spacial score (nSPS) is 18.3. The van der Waals surface area contributed by atoms with Crippen LogP contribution in [0.15, 0.2) is 12.1 Å². The van der Waals surface area contributed by atoms with Crippen LogP contribution in [0.3, 0.4) is 0 Å². The summed E-state index contributed by atoms with van der Waals surface area (Å²) in [5, 5.41) is 10.3. The van der Waals surface area contributed by atoms with Gasteiger partial charge in [-0.25, -0.2) is 0 Å². The second-order valence-electron chi connectivity index (χ2n) is 4.62. The number of rotatable bonds is 4. The Balaban J connectivity index is 2.35. The second-order valence-corrected chi connectivity index (χ2v) is 4.62. The molecule has 1 atom stereocenters. The zero-order chi connectivity index (χ0) is 14.7. The molecule has 6 nitrogen and oxygen atoms in total. The molecule has 110 valence electrons. The fraction of sp³-hybridized carbons (Fsp3) is 0.500. The molecule has 2 rings (SSSR count). The number of nitrogens with zero attached hydrogens (tertiary/aromatic N) is 1. The largest absolute Gasteiger partial charge is 0.496 e. The molecule has 1 aliphatic heterocycles. The standard InChI is InChI=1S/C14H19NO5/c1-18-11-4-5-12(19-2)14-9(11)6-15(7-10(14)16)8-13(17)20-3/h4-5,10,16H,6-8H2,1-3H3/t10-/m0/s1. The molecule has 1 heterocycles. The summed E-state index contributed by atoms with van der Waals surface area (Å²) in [4.78, 5) is 13.2. The Morgan fingerprint density at radius 3 is 2.55 bits per heavy atom. The highest BCUT2D eigenvalue weighted by molar-refractivity contribution is 5.71. The lowest BCUT2D eigenvalue weighted by molar-refractivity contribution is -0.142. The molecular weight excluding hydrogens is 262 g/mol. The minimum atomic E-state index is -0.728. The summed E-state index contributed by atoms with van der Waals surface area (Å²) in [7, 11) is 4.49. The number of ether oxygens (including phenoxy) is 3. The Labute approximate surface area is 117 Å². The van der Waals surface area contributed by atoms with Gasteiger partial charge in [-0.15, -0.1) is 0 Å². The van der Waals surface area contributed by atoms with Gasteiger partial charge < -0.3 is 19.3 Å². The van der Waals surface area contributed by atoms with Crippen molar-refractivity contribution in [2.24, 2.45) is 0 Å². The molecular formula is C14H19NO5. The highest BCUT2D eigenvalue weighted by atomic mass is 16.5. The molecule has 6 heteroatoms. The van der Waals surface area contributed by atoms with Crippen LogP contribution in [0.2, 0.25) is 0 Å².